The van der Waals surface area contributed by atoms with E-state index >= 15 is 0 Å². The van der Waals surface area contributed by atoms with Crippen LogP contribution in [0.4, 0.5) is 0 Å². The highest BCUT2D eigenvalue weighted by Crippen LogP contribution is 2.61. The number of hydrogen-bond acceptors (Lipinski definition) is 3. The molecule has 4 saturated carbocycles. The van der Waals surface area contributed by atoms with Crippen molar-refractivity contribution >= 4 is 0 Å². The van der Waals surface area contributed by atoms with Crippen LogP contribution >= 0.6 is 0 Å². The van der Waals surface area contributed by atoms with Crippen molar-refractivity contribution < 1.29 is 15.3 Å². The van der Waals surface area contributed by atoms with E-state index in [0.29, 0.717) is 5.56 Å². The van der Waals surface area contributed by atoms with Gasteiger partial charge in [0.2, 0.25) is 0 Å². The quantitative estimate of drug-likeness (QED) is 0.587. The molecule has 1 aromatic carbocycles. The smallest absolute Gasteiger partial charge is 0.123 e. The molecule has 1 aromatic rings. The topological polar surface area (TPSA) is 60.7 Å². The lowest BCUT2D eigenvalue weighted by Gasteiger charge is -2.57. The fourth-order valence-electron chi connectivity index (χ4n) is 7.68. The van der Waals surface area contributed by atoms with Crippen LogP contribution < -0.4 is 0 Å². The number of aromatic hydroxyl groups is 2. The maximum Gasteiger partial charge on any atom is 0.123 e. The lowest BCUT2D eigenvalue weighted by molar-refractivity contribution is -0.00537. The first-order valence-corrected chi connectivity index (χ1v) is 11.4. The molecule has 6 rings (SSSR count). The van der Waals surface area contributed by atoms with Crippen LogP contribution in [0.25, 0.3) is 0 Å². The van der Waals surface area contributed by atoms with Crippen molar-refractivity contribution in [2.24, 2.45) is 23.7 Å². The van der Waals surface area contributed by atoms with E-state index in [1.54, 1.807) is 0 Å². The third-order valence-corrected chi connectivity index (χ3v) is 8.58. The second-order valence-electron chi connectivity index (χ2n) is 10.6. The molecular weight excluding hydrogens is 360 g/mol. The van der Waals surface area contributed by atoms with E-state index < -0.39 is 0 Å². The molecule has 2 atom stereocenters. The maximum absolute atomic E-state index is 11.1. The molecule has 0 aliphatic heterocycles. The molecule has 156 valence electrons. The number of allylic oxidation sites excluding steroid dienone is 2. The molecule has 4 fully saturated rings. The first kappa shape index (κ1) is 19.2. The largest absolute Gasteiger partial charge is 0.507 e. The number of phenolic OH excluding ortho intramolecular Hbond substituents is 2. The second kappa shape index (κ2) is 6.91. The van der Waals surface area contributed by atoms with Gasteiger partial charge in [-0.15, -0.1) is 0 Å². The summed E-state index contributed by atoms with van der Waals surface area (Å²) in [6, 6.07) is 3.91. The molecular formula is C26H34O3. The molecule has 3 nitrogen and oxygen atoms in total. The van der Waals surface area contributed by atoms with E-state index in [1.807, 2.05) is 25.1 Å². The first-order valence-electron chi connectivity index (χ1n) is 11.4. The van der Waals surface area contributed by atoms with Gasteiger partial charge in [0.25, 0.3) is 0 Å². The number of benzene rings is 1. The number of hydrogen-bond donors (Lipinski definition) is 3. The average Bonchev–Trinajstić information content (AvgIpc) is 2.66. The number of phenols is 2. The maximum atomic E-state index is 11.1. The van der Waals surface area contributed by atoms with Gasteiger partial charge in [-0.05, 0) is 111 Å². The Morgan fingerprint density at radius 1 is 1.03 bits per heavy atom. The fourth-order valence-corrected chi connectivity index (χ4v) is 7.68. The van der Waals surface area contributed by atoms with Gasteiger partial charge in [-0.1, -0.05) is 18.2 Å². The Balaban J connectivity index is 1.54. The predicted molar refractivity (Wildman–Crippen MR) is 115 cm³/mol. The highest BCUT2D eigenvalue weighted by atomic mass is 16.3. The molecule has 0 saturated heterocycles. The van der Waals surface area contributed by atoms with E-state index in [4.69, 9.17) is 0 Å². The Morgan fingerprint density at radius 2 is 1.59 bits per heavy atom. The van der Waals surface area contributed by atoms with Crippen LogP contribution in [0.3, 0.4) is 0 Å². The Morgan fingerprint density at radius 3 is 2.07 bits per heavy atom. The fraction of sp³-hybridized carbons (Fsp3) is 0.615. The summed E-state index contributed by atoms with van der Waals surface area (Å²) < 4.78 is 0. The van der Waals surface area contributed by atoms with Crippen molar-refractivity contribution in [2.45, 2.75) is 69.6 Å². The number of rotatable bonds is 4. The molecule has 5 aliphatic carbocycles. The van der Waals surface area contributed by atoms with E-state index in [0.717, 1.165) is 47.3 Å². The van der Waals surface area contributed by atoms with Crippen molar-refractivity contribution in [1.29, 1.82) is 0 Å². The molecule has 0 amide bonds. The first-order chi connectivity index (χ1) is 13.9. The number of aliphatic hydroxyl groups excluding tert-OH is 1. The summed E-state index contributed by atoms with van der Waals surface area (Å²) in [5.41, 5.74) is 3.94. The van der Waals surface area contributed by atoms with E-state index in [1.165, 1.54) is 38.5 Å². The van der Waals surface area contributed by atoms with Crippen molar-refractivity contribution in [2.75, 3.05) is 6.61 Å². The van der Waals surface area contributed by atoms with Gasteiger partial charge in [0.05, 0.1) is 6.61 Å². The van der Waals surface area contributed by atoms with Crippen LogP contribution in [0, 0.1) is 23.7 Å². The molecule has 2 unspecified atom stereocenters. The van der Waals surface area contributed by atoms with Gasteiger partial charge in [-0.3, -0.25) is 0 Å². The van der Waals surface area contributed by atoms with Gasteiger partial charge < -0.3 is 15.3 Å². The van der Waals surface area contributed by atoms with Crippen molar-refractivity contribution in [1.82, 2.24) is 0 Å². The van der Waals surface area contributed by atoms with Crippen LogP contribution in [0.2, 0.25) is 0 Å². The lowest BCUT2D eigenvalue weighted by atomic mass is 9.48. The average molecular weight is 395 g/mol. The zero-order chi connectivity index (χ0) is 20.3. The normalized spacial score (nSPS) is 38.1. The van der Waals surface area contributed by atoms with Crippen LogP contribution in [-0.4, -0.2) is 21.9 Å². The van der Waals surface area contributed by atoms with Gasteiger partial charge in [0, 0.05) is 11.5 Å². The minimum Gasteiger partial charge on any atom is -0.507 e. The van der Waals surface area contributed by atoms with Crippen molar-refractivity contribution in [3.05, 3.63) is 47.1 Å². The lowest BCUT2D eigenvalue weighted by Crippen LogP contribution is -2.48. The second-order valence-corrected chi connectivity index (χ2v) is 10.6. The van der Waals surface area contributed by atoms with Gasteiger partial charge in [0.1, 0.15) is 11.5 Å². The molecule has 29 heavy (non-hydrogen) atoms. The summed E-state index contributed by atoms with van der Waals surface area (Å²) in [4.78, 5) is 0. The van der Waals surface area contributed by atoms with Crippen LogP contribution in [-0.2, 0) is 5.41 Å². The van der Waals surface area contributed by atoms with E-state index in [-0.39, 0.29) is 35.4 Å². The molecule has 3 N–H and O–H groups in total. The van der Waals surface area contributed by atoms with Crippen molar-refractivity contribution in [3.8, 4) is 11.5 Å². The minimum absolute atomic E-state index is 0.0340. The molecule has 0 aromatic heterocycles. The summed E-state index contributed by atoms with van der Waals surface area (Å²) in [5.74, 6) is 2.94. The highest BCUT2D eigenvalue weighted by molar-refractivity contribution is 5.53. The van der Waals surface area contributed by atoms with E-state index in [2.05, 4.69) is 6.58 Å². The summed E-state index contributed by atoms with van der Waals surface area (Å²) in [5, 5.41) is 31.9. The van der Waals surface area contributed by atoms with Crippen LogP contribution in [0.15, 0.2) is 35.9 Å². The third-order valence-electron chi connectivity index (χ3n) is 8.58. The summed E-state index contributed by atoms with van der Waals surface area (Å²) >= 11 is 0. The van der Waals surface area contributed by atoms with Crippen molar-refractivity contribution in [3.63, 3.8) is 0 Å². The van der Waals surface area contributed by atoms with Crippen LogP contribution in [0.1, 0.15) is 75.3 Å². The SMILES string of the molecule is C=C(C)C1CCC(CO)=CC1c1c(O)cc(C23CC4CC(CC(C4)C2)C3)cc1O. The summed E-state index contributed by atoms with van der Waals surface area (Å²) in [6.07, 6.45) is 11.6. The zero-order valence-electron chi connectivity index (χ0n) is 17.5. The molecule has 5 aliphatic rings. The minimum atomic E-state index is -0.131. The molecule has 3 heteroatoms. The van der Waals surface area contributed by atoms with Crippen LogP contribution in [0.5, 0.6) is 11.5 Å². The molecule has 0 radical (unpaired) electrons. The molecule has 0 heterocycles. The Bertz CT molecular complexity index is 806. The van der Waals surface area contributed by atoms with Gasteiger partial charge in [-0.2, -0.15) is 0 Å². The highest BCUT2D eigenvalue weighted by Gasteiger charge is 2.52. The third kappa shape index (κ3) is 3.13. The Hall–Kier alpha value is -1.74. The zero-order valence-corrected chi connectivity index (χ0v) is 17.5. The molecule has 0 spiro atoms. The standard InChI is InChI=1S/C26H34O3/c1-15(2)21-4-3-16(14-27)8-22(21)25-23(28)9-20(10-24(25)29)26-11-17-5-18(12-26)7-19(6-17)13-26/h8-10,17-19,21-22,27-29H,1,3-7,11-14H2,2H3. The summed E-state index contributed by atoms with van der Waals surface area (Å²) in [7, 11) is 0. The summed E-state index contributed by atoms with van der Waals surface area (Å²) in [6.45, 7) is 6.21. The van der Waals surface area contributed by atoms with Gasteiger partial charge in [-0.25, -0.2) is 0 Å². The van der Waals surface area contributed by atoms with E-state index in [9.17, 15) is 15.3 Å². The van der Waals surface area contributed by atoms with Gasteiger partial charge >= 0.3 is 0 Å². The monoisotopic (exact) mass is 394 g/mol. The predicted octanol–water partition coefficient (Wildman–Crippen LogP) is 5.55. The van der Waals surface area contributed by atoms with Gasteiger partial charge in [0.15, 0.2) is 0 Å². The Labute approximate surface area is 174 Å². The Kier molecular flexibility index (Phi) is 4.58. The molecule has 4 bridgehead atoms. The number of aliphatic hydroxyl groups is 1.